The Morgan fingerprint density at radius 2 is 1.56 bits per heavy atom. The minimum Gasteiger partial charge on any atom is -0.372 e. The molecule has 2 rings (SSSR count). The first-order valence-electron chi connectivity index (χ1n) is 6.93. The summed E-state index contributed by atoms with van der Waals surface area (Å²) in [6.07, 6.45) is 4.03. The van der Waals surface area contributed by atoms with Crippen molar-refractivity contribution in [1.82, 2.24) is 0 Å². The van der Waals surface area contributed by atoms with Gasteiger partial charge < -0.3 is 4.90 Å². The molecule has 0 saturated carbocycles. The second-order valence-corrected chi connectivity index (χ2v) is 6.09. The van der Waals surface area contributed by atoms with E-state index in [9.17, 15) is 0 Å². The molecule has 18 heavy (non-hydrogen) atoms. The molecule has 0 aliphatic carbocycles. The van der Waals surface area contributed by atoms with Crippen LogP contribution in [0.2, 0.25) is 0 Å². The minimum atomic E-state index is 0.0749. The molecule has 96 valence electrons. The van der Waals surface area contributed by atoms with E-state index in [-0.39, 0.29) is 5.41 Å². The van der Waals surface area contributed by atoms with Gasteiger partial charge in [-0.25, -0.2) is 0 Å². The van der Waals surface area contributed by atoms with E-state index >= 15 is 0 Å². The normalized spacial score (nSPS) is 16.1. The van der Waals surface area contributed by atoms with Crippen molar-refractivity contribution in [1.29, 1.82) is 0 Å². The SMILES string of the molecule is CC(C)(C)C#Cc1ccc(N2CCCCC2)cc1. The Hall–Kier alpha value is -1.42. The quantitative estimate of drug-likeness (QED) is 0.670. The maximum absolute atomic E-state index is 3.27. The van der Waals surface area contributed by atoms with Crippen LogP contribution in [-0.4, -0.2) is 13.1 Å². The van der Waals surface area contributed by atoms with Gasteiger partial charge in [-0.3, -0.25) is 0 Å². The highest BCUT2D eigenvalue weighted by Crippen LogP contribution is 2.20. The van der Waals surface area contributed by atoms with Crippen molar-refractivity contribution in [2.75, 3.05) is 18.0 Å². The lowest BCUT2D eigenvalue weighted by molar-refractivity contribution is 0.571. The summed E-state index contributed by atoms with van der Waals surface area (Å²) in [5.74, 6) is 6.52. The molecule has 1 heteroatoms. The minimum absolute atomic E-state index is 0.0749. The van der Waals surface area contributed by atoms with Crippen molar-refractivity contribution in [3.63, 3.8) is 0 Å². The van der Waals surface area contributed by atoms with Crippen LogP contribution < -0.4 is 4.90 Å². The number of anilines is 1. The monoisotopic (exact) mass is 241 g/mol. The zero-order chi connectivity index (χ0) is 13.0. The molecule has 1 aromatic rings. The molecule has 0 amide bonds. The maximum atomic E-state index is 3.27. The summed E-state index contributed by atoms with van der Waals surface area (Å²) in [4.78, 5) is 2.48. The Labute approximate surface area is 111 Å². The van der Waals surface area contributed by atoms with Crippen LogP contribution >= 0.6 is 0 Å². The van der Waals surface area contributed by atoms with Crippen LogP contribution in [-0.2, 0) is 0 Å². The third-order valence-electron chi connectivity index (χ3n) is 3.17. The second kappa shape index (κ2) is 5.48. The number of nitrogens with zero attached hydrogens (tertiary/aromatic N) is 1. The molecule has 0 unspecified atom stereocenters. The highest BCUT2D eigenvalue weighted by atomic mass is 15.1. The molecule has 0 N–H and O–H groups in total. The molecule has 1 heterocycles. The van der Waals surface area contributed by atoms with E-state index in [2.05, 4.69) is 61.8 Å². The fourth-order valence-corrected chi connectivity index (χ4v) is 2.17. The molecule has 0 spiro atoms. The van der Waals surface area contributed by atoms with Gasteiger partial charge in [0.15, 0.2) is 0 Å². The maximum Gasteiger partial charge on any atom is 0.0367 e. The topological polar surface area (TPSA) is 3.24 Å². The van der Waals surface area contributed by atoms with E-state index < -0.39 is 0 Å². The van der Waals surface area contributed by atoms with Crippen LogP contribution in [0, 0.1) is 17.3 Å². The Kier molecular flexibility index (Phi) is 3.97. The summed E-state index contributed by atoms with van der Waals surface area (Å²) in [6, 6.07) is 8.70. The summed E-state index contributed by atoms with van der Waals surface area (Å²) in [6.45, 7) is 8.83. The van der Waals surface area contributed by atoms with Gasteiger partial charge in [0, 0.05) is 29.8 Å². The summed E-state index contributed by atoms with van der Waals surface area (Å²) in [5.41, 5.74) is 2.53. The van der Waals surface area contributed by atoms with Gasteiger partial charge in [-0.1, -0.05) is 11.8 Å². The molecular weight excluding hydrogens is 218 g/mol. The lowest BCUT2D eigenvalue weighted by atomic mass is 9.97. The molecule has 1 aliphatic rings. The first-order valence-corrected chi connectivity index (χ1v) is 6.93. The van der Waals surface area contributed by atoms with Crippen molar-refractivity contribution in [2.24, 2.45) is 5.41 Å². The van der Waals surface area contributed by atoms with Gasteiger partial charge in [-0.2, -0.15) is 0 Å². The molecule has 0 bridgehead atoms. The molecular formula is C17H23N. The molecule has 1 aliphatic heterocycles. The van der Waals surface area contributed by atoms with Gasteiger partial charge in [0.2, 0.25) is 0 Å². The van der Waals surface area contributed by atoms with Gasteiger partial charge in [0.05, 0.1) is 0 Å². The van der Waals surface area contributed by atoms with Crippen molar-refractivity contribution in [3.8, 4) is 11.8 Å². The van der Waals surface area contributed by atoms with Gasteiger partial charge in [0.25, 0.3) is 0 Å². The molecule has 1 nitrogen and oxygen atoms in total. The van der Waals surface area contributed by atoms with Crippen LogP contribution in [0.15, 0.2) is 24.3 Å². The van der Waals surface area contributed by atoms with E-state index in [1.54, 1.807) is 0 Å². The molecule has 0 atom stereocenters. The smallest absolute Gasteiger partial charge is 0.0367 e. The fraction of sp³-hybridized carbons (Fsp3) is 0.529. The van der Waals surface area contributed by atoms with E-state index in [1.165, 1.54) is 38.0 Å². The Morgan fingerprint density at radius 1 is 0.944 bits per heavy atom. The van der Waals surface area contributed by atoms with Crippen LogP contribution in [0.1, 0.15) is 45.6 Å². The van der Waals surface area contributed by atoms with E-state index in [0.717, 1.165) is 5.56 Å². The highest BCUT2D eigenvalue weighted by molar-refractivity contribution is 5.50. The van der Waals surface area contributed by atoms with Gasteiger partial charge in [-0.15, -0.1) is 0 Å². The van der Waals surface area contributed by atoms with Gasteiger partial charge in [-0.05, 0) is 64.3 Å². The number of rotatable bonds is 1. The average Bonchev–Trinajstić information content (AvgIpc) is 2.37. The summed E-state index contributed by atoms with van der Waals surface area (Å²) in [7, 11) is 0. The Bertz CT molecular complexity index is 433. The number of hydrogen-bond donors (Lipinski definition) is 0. The fourth-order valence-electron chi connectivity index (χ4n) is 2.17. The van der Waals surface area contributed by atoms with Crippen LogP contribution in [0.25, 0.3) is 0 Å². The number of piperidine rings is 1. The average molecular weight is 241 g/mol. The zero-order valence-electron chi connectivity index (χ0n) is 11.8. The lowest BCUT2D eigenvalue weighted by Gasteiger charge is -2.28. The first kappa shape index (κ1) is 13.0. The van der Waals surface area contributed by atoms with E-state index in [1.807, 2.05) is 0 Å². The first-order chi connectivity index (χ1) is 8.54. The van der Waals surface area contributed by atoms with E-state index in [4.69, 9.17) is 0 Å². The Balaban J connectivity index is 2.07. The molecule has 0 radical (unpaired) electrons. The summed E-state index contributed by atoms with van der Waals surface area (Å²) in [5, 5.41) is 0. The van der Waals surface area contributed by atoms with Gasteiger partial charge in [0.1, 0.15) is 0 Å². The predicted molar refractivity (Wildman–Crippen MR) is 78.8 cm³/mol. The standard InChI is InChI=1S/C17H23N/c1-17(2,3)12-11-15-7-9-16(10-8-15)18-13-5-4-6-14-18/h7-10H,4-6,13-14H2,1-3H3. The molecule has 1 saturated heterocycles. The lowest BCUT2D eigenvalue weighted by Crippen LogP contribution is -2.29. The van der Waals surface area contributed by atoms with Crippen molar-refractivity contribution < 1.29 is 0 Å². The Morgan fingerprint density at radius 3 is 2.11 bits per heavy atom. The van der Waals surface area contributed by atoms with Crippen molar-refractivity contribution in [3.05, 3.63) is 29.8 Å². The van der Waals surface area contributed by atoms with Crippen molar-refractivity contribution in [2.45, 2.75) is 40.0 Å². The third kappa shape index (κ3) is 3.81. The van der Waals surface area contributed by atoms with Gasteiger partial charge >= 0.3 is 0 Å². The number of hydrogen-bond acceptors (Lipinski definition) is 1. The molecule has 1 aromatic carbocycles. The van der Waals surface area contributed by atoms with Crippen LogP contribution in [0.4, 0.5) is 5.69 Å². The predicted octanol–water partition coefficient (Wildman–Crippen LogP) is 4.07. The van der Waals surface area contributed by atoms with E-state index in [0.29, 0.717) is 0 Å². The molecule has 1 fully saturated rings. The van der Waals surface area contributed by atoms with Crippen molar-refractivity contribution >= 4 is 5.69 Å². The summed E-state index contributed by atoms with van der Waals surface area (Å²) < 4.78 is 0. The van der Waals surface area contributed by atoms with Crippen LogP contribution in [0.3, 0.4) is 0 Å². The van der Waals surface area contributed by atoms with Crippen LogP contribution in [0.5, 0.6) is 0 Å². The second-order valence-electron chi connectivity index (χ2n) is 6.09. The zero-order valence-corrected chi connectivity index (χ0v) is 11.8. The molecule has 0 aromatic heterocycles. The highest BCUT2D eigenvalue weighted by Gasteiger charge is 2.10. The largest absolute Gasteiger partial charge is 0.372 e. The number of benzene rings is 1. The third-order valence-corrected chi connectivity index (χ3v) is 3.17. The summed E-state index contributed by atoms with van der Waals surface area (Å²) >= 11 is 0.